The molecule has 0 bridgehead atoms. The van der Waals surface area contributed by atoms with Crippen LogP contribution in [0, 0.1) is 5.92 Å². The molecule has 8 nitrogen and oxygen atoms in total. The molecule has 3 aromatic rings. The van der Waals surface area contributed by atoms with Gasteiger partial charge in [-0.3, -0.25) is 14.6 Å². The molecule has 4 rings (SSSR count). The quantitative estimate of drug-likeness (QED) is 0.681. The highest BCUT2D eigenvalue weighted by Gasteiger charge is 2.26. The maximum absolute atomic E-state index is 12.7. The molecule has 152 valence electrons. The molecule has 1 aliphatic rings. The van der Waals surface area contributed by atoms with Crippen LogP contribution in [-0.2, 0) is 4.79 Å². The minimum atomic E-state index is -0.242. The van der Waals surface area contributed by atoms with Crippen LogP contribution in [0.1, 0.15) is 23.2 Å². The van der Waals surface area contributed by atoms with Gasteiger partial charge < -0.3 is 15.5 Å². The first kappa shape index (κ1) is 19.5. The summed E-state index contributed by atoms with van der Waals surface area (Å²) in [5, 5.41) is 5.76. The van der Waals surface area contributed by atoms with Gasteiger partial charge in [-0.2, -0.15) is 0 Å². The van der Waals surface area contributed by atoms with Gasteiger partial charge in [0.2, 0.25) is 11.9 Å². The minimum absolute atomic E-state index is 0.0321. The molecular formula is C22H22N6O2. The molecule has 2 amide bonds. The Hall–Kier alpha value is -3.81. The molecule has 2 aromatic heterocycles. The second-order valence-corrected chi connectivity index (χ2v) is 7.07. The van der Waals surface area contributed by atoms with Crippen molar-refractivity contribution >= 4 is 29.1 Å². The molecule has 0 aliphatic carbocycles. The predicted molar refractivity (Wildman–Crippen MR) is 114 cm³/mol. The summed E-state index contributed by atoms with van der Waals surface area (Å²) in [5.41, 5.74) is 1.75. The zero-order valence-electron chi connectivity index (χ0n) is 16.4. The van der Waals surface area contributed by atoms with Crippen LogP contribution in [-0.4, -0.2) is 39.9 Å². The number of nitrogens with one attached hydrogen (secondary N) is 2. The standard InChI is InChI=1S/C22H22N6O2/c29-20(16-7-13-28(14-8-16)22-24-9-2-10-25-22)27-19-4-1-3-17(15-19)21(30)26-18-5-11-23-12-6-18/h1-6,9-12,15-16H,7-8,13-14H2,(H,27,29)(H,23,26,30). The summed E-state index contributed by atoms with van der Waals surface area (Å²) in [5.74, 6) is 0.340. The number of carbonyl (C=O) groups excluding carboxylic acids is 2. The summed E-state index contributed by atoms with van der Waals surface area (Å²) in [6.07, 6.45) is 8.12. The van der Waals surface area contributed by atoms with E-state index in [2.05, 4.69) is 30.5 Å². The SMILES string of the molecule is O=C(Nc1ccncc1)c1cccc(NC(=O)C2CCN(c3ncccn3)CC2)c1. The zero-order valence-corrected chi connectivity index (χ0v) is 16.4. The van der Waals surface area contributed by atoms with E-state index >= 15 is 0 Å². The van der Waals surface area contributed by atoms with Crippen LogP contribution in [0.5, 0.6) is 0 Å². The highest BCUT2D eigenvalue weighted by molar-refractivity contribution is 6.05. The van der Waals surface area contributed by atoms with Gasteiger partial charge in [0.15, 0.2) is 0 Å². The van der Waals surface area contributed by atoms with Crippen molar-refractivity contribution in [3.05, 3.63) is 72.8 Å². The number of rotatable bonds is 5. The Morgan fingerprint density at radius 3 is 2.33 bits per heavy atom. The van der Waals surface area contributed by atoms with Crippen molar-refractivity contribution in [1.29, 1.82) is 0 Å². The topological polar surface area (TPSA) is 100 Å². The molecule has 1 aliphatic heterocycles. The Kier molecular flexibility index (Phi) is 5.93. The Bertz CT molecular complexity index is 1000. The molecule has 0 unspecified atom stereocenters. The number of carbonyl (C=O) groups is 2. The largest absolute Gasteiger partial charge is 0.341 e. The van der Waals surface area contributed by atoms with E-state index in [1.165, 1.54) is 0 Å². The third-order valence-corrected chi connectivity index (χ3v) is 5.03. The molecule has 8 heteroatoms. The second kappa shape index (κ2) is 9.13. The Morgan fingerprint density at radius 2 is 1.60 bits per heavy atom. The lowest BCUT2D eigenvalue weighted by Crippen LogP contribution is -2.39. The van der Waals surface area contributed by atoms with Gasteiger partial charge in [-0.1, -0.05) is 6.07 Å². The molecule has 0 spiro atoms. The lowest BCUT2D eigenvalue weighted by molar-refractivity contribution is -0.120. The van der Waals surface area contributed by atoms with E-state index < -0.39 is 0 Å². The monoisotopic (exact) mass is 402 g/mol. The smallest absolute Gasteiger partial charge is 0.255 e. The maximum atomic E-state index is 12.7. The van der Waals surface area contributed by atoms with E-state index in [9.17, 15) is 9.59 Å². The van der Waals surface area contributed by atoms with Crippen LogP contribution in [0.4, 0.5) is 17.3 Å². The summed E-state index contributed by atoms with van der Waals surface area (Å²) in [4.78, 5) is 39.7. The van der Waals surface area contributed by atoms with E-state index in [-0.39, 0.29) is 17.7 Å². The first-order valence-electron chi connectivity index (χ1n) is 9.83. The van der Waals surface area contributed by atoms with Crippen molar-refractivity contribution in [3.63, 3.8) is 0 Å². The number of hydrogen-bond acceptors (Lipinski definition) is 6. The average Bonchev–Trinajstić information content (AvgIpc) is 2.80. The summed E-state index contributed by atoms with van der Waals surface area (Å²) in [7, 11) is 0. The van der Waals surface area contributed by atoms with Crippen LogP contribution in [0.15, 0.2) is 67.3 Å². The molecule has 1 aromatic carbocycles. The number of amides is 2. The number of piperidine rings is 1. The van der Waals surface area contributed by atoms with E-state index in [1.807, 2.05) is 0 Å². The number of aromatic nitrogens is 3. The molecule has 3 heterocycles. The van der Waals surface area contributed by atoms with Gasteiger partial charge >= 0.3 is 0 Å². The van der Waals surface area contributed by atoms with Gasteiger partial charge in [0.1, 0.15) is 0 Å². The van der Waals surface area contributed by atoms with Crippen LogP contribution in [0.2, 0.25) is 0 Å². The average molecular weight is 402 g/mol. The van der Waals surface area contributed by atoms with Crippen molar-refractivity contribution in [2.75, 3.05) is 28.6 Å². The fourth-order valence-electron chi connectivity index (χ4n) is 3.42. The highest BCUT2D eigenvalue weighted by atomic mass is 16.2. The molecule has 1 fully saturated rings. The van der Waals surface area contributed by atoms with Gasteiger partial charge in [0.25, 0.3) is 5.91 Å². The molecule has 0 radical (unpaired) electrons. The fraction of sp³-hybridized carbons (Fsp3) is 0.227. The summed E-state index contributed by atoms with van der Waals surface area (Å²) >= 11 is 0. The predicted octanol–water partition coefficient (Wildman–Crippen LogP) is 2.98. The van der Waals surface area contributed by atoms with Gasteiger partial charge in [-0.05, 0) is 49.2 Å². The van der Waals surface area contributed by atoms with Crippen LogP contribution in [0.25, 0.3) is 0 Å². The van der Waals surface area contributed by atoms with Gasteiger partial charge in [0.05, 0.1) is 0 Å². The Labute approximate surface area is 174 Å². The summed E-state index contributed by atoms with van der Waals surface area (Å²) < 4.78 is 0. The van der Waals surface area contributed by atoms with Gasteiger partial charge in [0, 0.05) is 60.7 Å². The minimum Gasteiger partial charge on any atom is -0.341 e. The summed E-state index contributed by atoms with van der Waals surface area (Å²) in [6.45, 7) is 1.47. The number of nitrogens with zero attached hydrogens (tertiary/aromatic N) is 4. The number of anilines is 3. The van der Waals surface area contributed by atoms with E-state index in [4.69, 9.17) is 0 Å². The third kappa shape index (κ3) is 4.78. The van der Waals surface area contributed by atoms with E-state index in [0.29, 0.717) is 22.9 Å². The molecule has 1 saturated heterocycles. The maximum Gasteiger partial charge on any atom is 0.255 e. The molecule has 2 N–H and O–H groups in total. The second-order valence-electron chi connectivity index (χ2n) is 7.07. The fourth-order valence-corrected chi connectivity index (χ4v) is 3.42. The molecule has 0 atom stereocenters. The van der Waals surface area contributed by atoms with E-state index in [0.717, 1.165) is 25.9 Å². The van der Waals surface area contributed by atoms with Crippen LogP contribution >= 0.6 is 0 Å². The molecule has 30 heavy (non-hydrogen) atoms. The lowest BCUT2D eigenvalue weighted by Gasteiger charge is -2.31. The third-order valence-electron chi connectivity index (χ3n) is 5.03. The van der Waals surface area contributed by atoms with Crippen molar-refractivity contribution in [3.8, 4) is 0 Å². The van der Waals surface area contributed by atoms with Gasteiger partial charge in [-0.25, -0.2) is 9.97 Å². The Morgan fingerprint density at radius 1 is 0.867 bits per heavy atom. The number of benzene rings is 1. The first-order chi connectivity index (χ1) is 14.7. The molecular weight excluding hydrogens is 380 g/mol. The van der Waals surface area contributed by atoms with Crippen molar-refractivity contribution in [1.82, 2.24) is 15.0 Å². The number of pyridine rings is 1. The first-order valence-corrected chi connectivity index (χ1v) is 9.83. The van der Waals surface area contributed by atoms with Crippen molar-refractivity contribution in [2.45, 2.75) is 12.8 Å². The van der Waals surface area contributed by atoms with E-state index in [1.54, 1.807) is 67.3 Å². The lowest BCUT2D eigenvalue weighted by atomic mass is 9.96. The van der Waals surface area contributed by atoms with Crippen LogP contribution < -0.4 is 15.5 Å². The van der Waals surface area contributed by atoms with Crippen molar-refractivity contribution in [2.24, 2.45) is 5.92 Å². The molecule has 0 saturated carbocycles. The zero-order chi connectivity index (χ0) is 20.8. The normalized spacial score (nSPS) is 14.2. The van der Waals surface area contributed by atoms with Crippen LogP contribution in [0.3, 0.4) is 0 Å². The number of hydrogen-bond donors (Lipinski definition) is 2. The highest BCUT2D eigenvalue weighted by Crippen LogP contribution is 2.22. The Balaban J connectivity index is 1.34. The van der Waals surface area contributed by atoms with Gasteiger partial charge in [-0.15, -0.1) is 0 Å². The summed E-state index contributed by atoms with van der Waals surface area (Å²) in [6, 6.07) is 12.2. The van der Waals surface area contributed by atoms with Crippen molar-refractivity contribution < 1.29 is 9.59 Å².